The van der Waals surface area contributed by atoms with Crippen molar-refractivity contribution in [1.29, 1.82) is 0 Å². The molecule has 0 saturated carbocycles. The van der Waals surface area contributed by atoms with Crippen LogP contribution in [0.5, 0.6) is 5.75 Å². The van der Waals surface area contributed by atoms with Gasteiger partial charge in [-0.05, 0) is 36.8 Å². The Morgan fingerprint density at radius 2 is 1.85 bits per heavy atom. The van der Waals surface area contributed by atoms with Gasteiger partial charge >= 0.3 is 5.97 Å². The number of rotatable bonds is 7. The Morgan fingerprint density at radius 1 is 1.15 bits per heavy atom. The van der Waals surface area contributed by atoms with Crippen LogP contribution in [0.15, 0.2) is 30.3 Å². The number of hydrogen-bond acceptors (Lipinski definition) is 6. The molecule has 138 valence electrons. The summed E-state index contributed by atoms with van der Waals surface area (Å²) in [7, 11) is 2.90. The van der Waals surface area contributed by atoms with Gasteiger partial charge in [0.05, 0.1) is 12.0 Å². The number of ether oxygens (including phenoxy) is 2. The third-order valence-electron chi connectivity index (χ3n) is 3.54. The lowest BCUT2D eigenvalue weighted by Crippen LogP contribution is -2.30. The number of esters is 1. The zero-order valence-corrected chi connectivity index (χ0v) is 15.4. The minimum Gasteiger partial charge on any atom is -0.494 e. The van der Waals surface area contributed by atoms with E-state index in [2.05, 4.69) is 0 Å². The molecule has 1 heterocycles. The first-order chi connectivity index (χ1) is 12.3. The number of carbonyl (C=O) groups is 3. The van der Waals surface area contributed by atoms with E-state index in [4.69, 9.17) is 9.47 Å². The predicted molar refractivity (Wildman–Crippen MR) is 94.0 cm³/mol. The summed E-state index contributed by atoms with van der Waals surface area (Å²) in [6.45, 7) is 1.12. The summed E-state index contributed by atoms with van der Waals surface area (Å²) in [4.78, 5) is 37.3. The average molecular weight is 379 g/mol. The van der Waals surface area contributed by atoms with Gasteiger partial charge in [-0.1, -0.05) is 6.07 Å². The van der Waals surface area contributed by atoms with Crippen LogP contribution in [-0.4, -0.2) is 43.3 Å². The number of hydrogen-bond donors (Lipinski definition) is 0. The maximum absolute atomic E-state index is 13.7. The van der Waals surface area contributed by atoms with Crippen LogP contribution in [0.25, 0.3) is 0 Å². The molecule has 0 fully saturated rings. The molecule has 2 aromatic rings. The Hall–Kier alpha value is -2.74. The summed E-state index contributed by atoms with van der Waals surface area (Å²) >= 11 is 1.01. The van der Waals surface area contributed by atoms with Gasteiger partial charge in [-0.15, -0.1) is 11.3 Å². The first-order valence-electron chi connectivity index (χ1n) is 7.66. The minimum absolute atomic E-state index is 0.123. The van der Waals surface area contributed by atoms with E-state index in [1.807, 2.05) is 0 Å². The van der Waals surface area contributed by atoms with Crippen LogP contribution < -0.4 is 4.74 Å². The van der Waals surface area contributed by atoms with E-state index in [0.717, 1.165) is 11.3 Å². The second kappa shape index (κ2) is 8.57. The van der Waals surface area contributed by atoms with Gasteiger partial charge in [0.2, 0.25) is 0 Å². The molecular weight excluding hydrogens is 361 g/mol. The summed E-state index contributed by atoms with van der Waals surface area (Å²) in [5.41, 5.74) is 0.579. The average Bonchev–Trinajstić information content (AvgIpc) is 3.10. The van der Waals surface area contributed by atoms with Gasteiger partial charge in [-0.2, -0.15) is 0 Å². The highest BCUT2D eigenvalue weighted by molar-refractivity contribution is 7.15. The first-order valence-corrected chi connectivity index (χ1v) is 8.47. The molecule has 2 rings (SSSR count). The van der Waals surface area contributed by atoms with Gasteiger partial charge in [-0.3, -0.25) is 9.59 Å². The molecular formula is C18H18FNO5S. The minimum atomic E-state index is -0.667. The van der Waals surface area contributed by atoms with Crippen LogP contribution in [0.2, 0.25) is 0 Å². The summed E-state index contributed by atoms with van der Waals surface area (Å²) < 4.78 is 23.5. The summed E-state index contributed by atoms with van der Waals surface area (Å²) in [6.07, 6.45) is 0. The van der Waals surface area contributed by atoms with E-state index in [-0.39, 0.29) is 23.0 Å². The molecule has 1 amide bonds. The number of likely N-dealkylation sites (N-methyl/N-ethyl adjacent to an activating group) is 1. The van der Waals surface area contributed by atoms with Crippen LogP contribution in [-0.2, 0) is 16.1 Å². The predicted octanol–water partition coefficient (Wildman–Crippen LogP) is 2.91. The molecule has 1 aromatic heterocycles. The van der Waals surface area contributed by atoms with Crippen molar-refractivity contribution in [2.24, 2.45) is 0 Å². The fourth-order valence-corrected chi connectivity index (χ4v) is 2.91. The third-order valence-corrected chi connectivity index (χ3v) is 4.71. The molecule has 0 radical (unpaired) electrons. The molecule has 1 aromatic carbocycles. The van der Waals surface area contributed by atoms with Crippen molar-refractivity contribution in [3.05, 3.63) is 51.5 Å². The van der Waals surface area contributed by atoms with Crippen LogP contribution in [0.3, 0.4) is 0 Å². The Morgan fingerprint density at radius 3 is 2.42 bits per heavy atom. The fraction of sp³-hybridized carbons (Fsp3) is 0.278. The lowest BCUT2D eigenvalue weighted by atomic mass is 10.2. The molecule has 0 N–H and O–H groups in total. The van der Waals surface area contributed by atoms with Crippen molar-refractivity contribution in [2.75, 3.05) is 20.8 Å². The Labute approximate surface area is 154 Å². The van der Waals surface area contributed by atoms with E-state index in [1.54, 1.807) is 6.07 Å². The normalized spacial score (nSPS) is 10.3. The van der Waals surface area contributed by atoms with Crippen LogP contribution >= 0.6 is 11.3 Å². The number of Topliss-reactive ketones (excluding diaryl/α,β-unsaturated/α-hetero) is 1. The van der Waals surface area contributed by atoms with E-state index >= 15 is 0 Å². The number of halogens is 1. The van der Waals surface area contributed by atoms with Gasteiger partial charge in [-0.25, -0.2) is 9.18 Å². The highest BCUT2D eigenvalue weighted by Crippen LogP contribution is 2.19. The maximum Gasteiger partial charge on any atom is 0.348 e. The van der Waals surface area contributed by atoms with Crippen LogP contribution in [0.1, 0.15) is 31.8 Å². The highest BCUT2D eigenvalue weighted by atomic mass is 32.1. The van der Waals surface area contributed by atoms with Gasteiger partial charge in [0.25, 0.3) is 5.91 Å². The molecule has 0 bridgehead atoms. The van der Waals surface area contributed by atoms with Gasteiger partial charge in [0.1, 0.15) is 4.88 Å². The van der Waals surface area contributed by atoms with Crippen molar-refractivity contribution < 1.29 is 28.2 Å². The van der Waals surface area contributed by atoms with Gasteiger partial charge < -0.3 is 14.4 Å². The molecule has 0 atom stereocenters. The van der Waals surface area contributed by atoms with Crippen molar-refractivity contribution in [2.45, 2.75) is 13.5 Å². The summed E-state index contributed by atoms with van der Waals surface area (Å²) in [5.74, 6) is -1.64. The number of amides is 1. The standard InChI is InChI=1S/C18H18FNO5S/c1-11(21)15-6-7-16(26-15)18(23)25-10-17(22)20(2)9-12-4-5-14(24-3)13(19)8-12/h4-8H,9-10H2,1-3H3. The largest absolute Gasteiger partial charge is 0.494 e. The summed E-state index contributed by atoms with van der Waals surface area (Å²) in [5, 5.41) is 0. The number of carbonyl (C=O) groups excluding carboxylic acids is 3. The SMILES string of the molecule is COc1ccc(CN(C)C(=O)COC(=O)c2ccc(C(C)=O)s2)cc1F. The second-order valence-corrected chi connectivity index (χ2v) is 6.60. The molecule has 0 saturated heterocycles. The lowest BCUT2D eigenvalue weighted by Gasteiger charge is -2.17. The number of methoxy groups -OCH3 is 1. The maximum atomic E-state index is 13.7. The smallest absolute Gasteiger partial charge is 0.348 e. The van der Waals surface area contributed by atoms with E-state index in [9.17, 15) is 18.8 Å². The van der Waals surface area contributed by atoms with E-state index < -0.39 is 24.3 Å². The number of benzene rings is 1. The zero-order valence-electron chi connectivity index (χ0n) is 14.6. The molecule has 6 nitrogen and oxygen atoms in total. The zero-order chi connectivity index (χ0) is 19.3. The topological polar surface area (TPSA) is 72.9 Å². The lowest BCUT2D eigenvalue weighted by molar-refractivity contribution is -0.133. The van der Waals surface area contributed by atoms with Crippen molar-refractivity contribution >= 4 is 29.0 Å². The monoisotopic (exact) mass is 379 g/mol. The summed E-state index contributed by atoms with van der Waals surface area (Å²) in [6, 6.07) is 7.43. The fourth-order valence-electron chi connectivity index (χ4n) is 2.12. The number of ketones is 1. The van der Waals surface area contributed by atoms with Crippen LogP contribution in [0, 0.1) is 5.82 Å². The Balaban J connectivity index is 1.89. The molecule has 0 aliphatic carbocycles. The van der Waals surface area contributed by atoms with E-state index in [1.165, 1.54) is 50.2 Å². The molecule has 0 unspecified atom stereocenters. The molecule has 26 heavy (non-hydrogen) atoms. The second-order valence-electron chi connectivity index (χ2n) is 5.51. The van der Waals surface area contributed by atoms with Gasteiger partial charge in [0.15, 0.2) is 24.0 Å². The third kappa shape index (κ3) is 4.89. The highest BCUT2D eigenvalue weighted by Gasteiger charge is 2.17. The van der Waals surface area contributed by atoms with Gasteiger partial charge in [0, 0.05) is 13.6 Å². The molecule has 0 aliphatic rings. The quantitative estimate of drug-likeness (QED) is 0.546. The first kappa shape index (κ1) is 19.6. The van der Waals surface area contributed by atoms with Crippen LogP contribution in [0.4, 0.5) is 4.39 Å². The van der Waals surface area contributed by atoms with Crippen molar-refractivity contribution in [3.8, 4) is 5.75 Å². The van der Waals surface area contributed by atoms with Crippen molar-refractivity contribution in [1.82, 2.24) is 4.90 Å². The number of nitrogens with zero attached hydrogens (tertiary/aromatic N) is 1. The Kier molecular flexibility index (Phi) is 6.46. The van der Waals surface area contributed by atoms with Crippen molar-refractivity contribution in [3.63, 3.8) is 0 Å². The molecule has 0 aliphatic heterocycles. The molecule has 8 heteroatoms. The van der Waals surface area contributed by atoms with E-state index in [0.29, 0.717) is 10.4 Å². The Bertz CT molecular complexity index is 833. The number of thiophene rings is 1. The molecule has 0 spiro atoms.